The maximum Gasteiger partial charge on any atom is 0.247 e. The second-order valence-corrected chi connectivity index (χ2v) is 4.24. The molecule has 4 N–H and O–H groups in total. The molecule has 0 aliphatic rings. The van der Waals surface area contributed by atoms with E-state index in [0.717, 1.165) is 0 Å². The summed E-state index contributed by atoms with van der Waals surface area (Å²) in [4.78, 5) is 12.0. The number of aromatic hydroxyl groups is 1. The van der Waals surface area contributed by atoms with Gasteiger partial charge in [-0.15, -0.1) is 11.8 Å². The lowest BCUT2D eigenvalue weighted by atomic mass is 10.3. The van der Waals surface area contributed by atoms with Gasteiger partial charge in [-0.2, -0.15) is 0 Å². The van der Waals surface area contributed by atoms with Crippen molar-refractivity contribution in [3.05, 3.63) is 24.3 Å². The fourth-order valence-electron chi connectivity index (χ4n) is 1.13. The molecule has 5 heteroatoms. The Bertz CT molecular complexity index is 344. The molecule has 0 spiro atoms. The van der Waals surface area contributed by atoms with Gasteiger partial charge in [-0.05, 0) is 18.6 Å². The second-order valence-electron chi connectivity index (χ2n) is 2.99. The number of thioether (sulfide) groups is 1. The van der Waals surface area contributed by atoms with Gasteiger partial charge in [-0.3, -0.25) is 10.2 Å². The molecule has 15 heavy (non-hydrogen) atoms. The summed E-state index contributed by atoms with van der Waals surface area (Å²) in [6, 6.07) is 6.92. The van der Waals surface area contributed by atoms with Crippen molar-refractivity contribution in [2.24, 2.45) is 5.84 Å². The highest BCUT2D eigenvalue weighted by Crippen LogP contribution is 2.32. The van der Waals surface area contributed by atoms with Gasteiger partial charge in [-0.25, -0.2) is 5.84 Å². The summed E-state index contributed by atoms with van der Waals surface area (Å²) >= 11 is 1.31. The van der Waals surface area contributed by atoms with Gasteiger partial charge in [0.25, 0.3) is 0 Å². The zero-order valence-electron chi connectivity index (χ0n) is 8.43. The van der Waals surface area contributed by atoms with Crippen molar-refractivity contribution in [1.29, 1.82) is 0 Å². The van der Waals surface area contributed by atoms with Gasteiger partial charge in [0.2, 0.25) is 5.91 Å². The summed E-state index contributed by atoms with van der Waals surface area (Å²) in [5, 5.41) is 9.25. The van der Waals surface area contributed by atoms with Gasteiger partial charge in [0.15, 0.2) is 0 Å². The zero-order valence-corrected chi connectivity index (χ0v) is 9.25. The van der Waals surface area contributed by atoms with Gasteiger partial charge in [0.1, 0.15) is 5.75 Å². The van der Waals surface area contributed by atoms with Crippen molar-refractivity contribution in [2.75, 3.05) is 0 Å². The first-order chi connectivity index (χ1) is 7.19. The minimum atomic E-state index is -0.275. The Morgan fingerprint density at radius 1 is 1.60 bits per heavy atom. The number of nitrogens with one attached hydrogen (secondary N) is 1. The number of benzene rings is 1. The number of hydrazine groups is 1. The van der Waals surface area contributed by atoms with Crippen molar-refractivity contribution in [2.45, 2.75) is 23.5 Å². The van der Waals surface area contributed by atoms with Crippen LogP contribution >= 0.6 is 11.8 Å². The number of phenols is 1. The van der Waals surface area contributed by atoms with E-state index in [0.29, 0.717) is 11.3 Å². The third-order valence-electron chi connectivity index (χ3n) is 1.94. The Morgan fingerprint density at radius 2 is 2.27 bits per heavy atom. The molecule has 0 aliphatic carbocycles. The smallest absolute Gasteiger partial charge is 0.247 e. The summed E-state index contributed by atoms with van der Waals surface area (Å²) in [6.07, 6.45) is 0.655. The maximum atomic E-state index is 11.3. The third-order valence-corrected chi connectivity index (χ3v) is 3.37. The van der Waals surface area contributed by atoms with E-state index in [2.05, 4.69) is 5.43 Å². The Labute approximate surface area is 92.8 Å². The number of para-hydroxylation sites is 1. The predicted octanol–water partition coefficient (Wildman–Crippen LogP) is 1.25. The number of rotatable bonds is 4. The molecule has 0 radical (unpaired) electrons. The molecule has 1 atom stereocenters. The highest BCUT2D eigenvalue weighted by molar-refractivity contribution is 8.00. The predicted molar refractivity (Wildman–Crippen MR) is 60.4 cm³/mol. The number of phenolic OH excluding ortho intramolecular Hbond substituents is 1. The van der Waals surface area contributed by atoms with E-state index in [1.165, 1.54) is 11.8 Å². The highest BCUT2D eigenvalue weighted by atomic mass is 32.2. The van der Waals surface area contributed by atoms with Crippen molar-refractivity contribution in [1.82, 2.24) is 5.43 Å². The van der Waals surface area contributed by atoms with Gasteiger partial charge >= 0.3 is 0 Å². The van der Waals surface area contributed by atoms with Crippen LogP contribution in [0.3, 0.4) is 0 Å². The average molecular weight is 226 g/mol. The van der Waals surface area contributed by atoms with Crippen LogP contribution in [0.4, 0.5) is 0 Å². The minimum Gasteiger partial charge on any atom is -0.507 e. The molecule has 1 aromatic rings. The summed E-state index contributed by atoms with van der Waals surface area (Å²) in [5.74, 6) is 5.02. The lowest BCUT2D eigenvalue weighted by Gasteiger charge is -2.13. The lowest BCUT2D eigenvalue weighted by Crippen LogP contribution is -2.37. The molecule has 0 bridgehead atoms. The maximum absolute atomic E-state index is 11.3. The normalized spacial score (nSPS) is 12.1. The van der Waals surface area contributed by atoms with E-state index in [-0.39, 0.29) is 16.9 Å². The fourth-order valence-corrected chi connectivity index (χ4v) is 2.12. The number of nitrogens with two attached hydrogens (primary N) is 1. The minimum absolute atomic E-state index is 0.186. The first kappa shape index (κ1) is 11.9. The van der Waals surface area contributed by atoms with Gasteiger partial charge in [0.05, 0.1) is 5.25 Å². The summed E-state index contributed by atoms with van der Waals surface area (Å²) in [5.41, 5.74) is 2.11. The van der Waals surface area contributed by atoms with Crippen molar-refractivity contribution < 1.29 is 9.90 Å². The molecule has 1 unspecified atom stereocenters. The van der Waals surface area contributed by atoms with E-state index in [4.69, 9.17) is 5.84 Å². The number of carbonyl (C=O) groups is 1. The summed E-state index contributed by atoms with van der Waals surface area (Å²) < 4.78 is 0. The van der Waals surface area contributed by atoms with Crippen LogP contribution in [0, 0.1) is 0 Å². The summed E-state index contributed by atoms with van der Waals surface area (Å²) in [7, 11) is 0. The average Bonchev–Trinajstić information content (AvgIpc) is 2.27. The number of amides is 1. The van der Waals surface area contributed by atoms with Crippen LogP contribution in [0.5, 0.6) is 5.75 Å². The standard InChI is InChI=1S/C10H14N2O2S/c1-2-8(10(14)12-11)15-9-6-4-3-5-7(9)13/h3-6,8,13H,2,11H2,1H3,(H,12,14). The van der Waals surface area contributed by atoms with E-state index < -0.39 is 0 Å². The number of hydrogen-bond acceptors (Lipinski definition) is 4. The molecular formula is C10H14N2O2S. The molecule has 82 valence electrons. The quantitative estimate of drug-likeness (QED) is 0.312. The molecular weight excluding hydrogens is 212 g/mol. The van der Waals surface area contributed by atoms with E-state index >= 15 is 0 Å². The van der Waals surface area contributed by atoms with Crippen molar-refractivity contribution in [3.63, 3.8) is 0 Å². The van der Waals surface area contributed by atoms with Crippen LogP contribution < -0.4 is 11.3 Å². The van der Waals surface area contributed by atoms with Crippen LogP contribution in [0.15, 0.2) is 29.2 Å². The molecule has 0 saturated heterocycles. The fraction of sp³-hybridized carbons (Fsp3) is 0.300. The number of carbonyl (C=O) groups excluding carboxylic acids is 1. The Kier molecular flexibility index (Phi) is 4.45. The molecule has 4 nitrogen and oxygen atoms in total. The van der Waals surface area contributed by atoms with E-state index in [1.807, 2.05) is 13.0 Å². The first-order valence-corrected chi connectivity index (χ1v) is 5.52. The first-order valence-electron chi connectivity index (χ1n) is 4.64. The van der Waals surface area contributed by atoms with E-state index in [9.17, 15) is 9.90 Å². The molecule has 1 amide bonds. The lowest BCUT2D eigenvalue weighted by molar-refractivity contribution is -0.120. The van der Waals surface area contributed by atoms with Gasteiger partial charge < -0.3 is 5.11 Å². The Morgan fingerprint density at radius 3 is 2.80 bits per heavy atom. The van der Waals surface area contributed by atoms with Crippen LogP contribution in [-0.2, 0) is 4.79 Å². The van der Waals surface area contributed by atoms with Crippen LogP contribution in [-0.4, -0.2) is 16.3 Å². The zero-order chi connectivity index (χ0) is 11.3. The molecule has 0 aliphatic heterocycles. The van der Waals surface area contributed by atoms with Crippen LogP contribution in [0.1, 0.15) is 13.3 Å². The SMILES string of the molecule is CCC(Sc1ccccc1O)C(=O)NN. The number of hydrogen-bond donors (Lipinski definition) is 3. The topological polar surface area (TPSA) is 75.3 Å². The second kappa shape index (κ2) is 5.63. The molecule has 0 aromatic heterocycles. The molecule has 0 saturated carbocycles. The molecule has 1 rings (SSSR count). The van der Waals surface area contributed by atoms with Crippen LogP contribution in [0.25, 0.3) is 0 Å². The highest BCUT2D eigenvalue weighted by Gasteiger charge is 2.17. The molecule has 0 fully saturated rings. The van der Waals surface area contributed by atoms with Crippen LogP contribution in [0.2, 0.25) is 0 Å². The molecule has 1 aromatic carbocycles. The summed E-state index contributed by atoms with van der Waals surface area (Å²) in [6.45, 7) is 1.90. The monoisotopic (exact) mass is 226 g/mol. The Balaban J connectivity index is 2.75. The largest absolute Gasteiger partial charge is 0.507 e. The third kappa shape index (κ3) is 3.14. The van der Waals surface area contributed by atoms with Crippen molar-refractivity contribution in [3.8, 4) is 5.75 Å². The van der Waals surface area contributed by atoms with E-state index in [1.54, 1.807) is 18.2 Å². The van der Waals surface area contributed by atoms with Gasteiger partial charge in [0, 0.05) is 4.90 Å². The molecule has 0 heterocycles. The Hall–Kier alpha value is -1.20. The van der Waals surface area contributed by atoms with Crippen molar-refractivity contribution >= 4 is 17.7 Å². The van der Waals surface area contributed by atoms with Gasteiger partial charge in [-0.1, -0.05) is 19.1 Å².